The van der Waals surface area contributed by atoms with Gasteiger partial charge in [0.1, 0.15) is 11.7 Å². The van der Waals surface area contributed by atoms with E-state index in [-0.39, 0.29) is 11.7 Å². The molecule has 0 aromatic carbocycles. The van der Waals surface area contributed by atoms with E-state index in [1.165, 1.54) is 4.40 Å². The number of fused-ring (bicyclic) bond motifs is 1. The van der Waals surface area contributed by atoms with E-state index in [0.29, 0.717) is 43.4 Å². The van der Waals surface area contributed by atoms with Gasteiger partial charge >= 0.3 is 0 Å². The van der Waals surface area contributed by atoms with Gasteiger partial charge in [0, 0.05) is 26.3 Å². The van der Waals surface area contributed by atoms with Crippen LogP contribution in [-0.2, 0) is 11.2 Å². The molecule has 0 N–H and O–H groups in total. The SMILES string of the molecule is COCCc1noc(C2CCCCN2C(=O)c2nc3cc(C)ccn3c2F)n1. The predicted octanol–water partition coefficient (Wildman–Crippen LogP) is 2.72. The number of hydrogen-bond acceptors (Lipinski definition) is 6. The highest BCUT2D eigenvalue weighted by atomic mass is 19.1. The van der Waals surface area contributed by atoms with E-state index in [2.05, 4.69) is 15.1 Å². The fraction of sp³-hybridized carbons (Fsp3) is 0.474. The van der Waals surface area contributed by atoms with E-state index in [4.69, 9.17) is 9.26 Å². The third-order valence-corrected chi connectivity index (χ3v) is 4.99. The second-order valence-electron chi connectivity index (χ2n) is 6.99. The average molecular weight is 387 g/mol. The minimum Gasteiger partial charge on any atom is -0.384 e. The largest absolute Gasteiger partial charge is 0.384 e. The number of likely N-dealkylation sites (tertiary alicyclic amines) is 1. The third-order valence-electron chi connectivity index (χ3n) is 4.99. The average Bonchev–Trinajstić information content (AvgIpc) is 3.30. The van der Waals surface area contributed by atoms with Crippen LogP contribution in [0.2, 0.25) is 0 Å². The van der Waals surface area contributed by atoms with Gasteiger partial charge < -0.3 is 14.2 Å². The molecular weight excluding hydrogens is 365 g/mol. The Labute approximate surface area is 161 Å². The number of carbonyl (C=O) groups is 1. The summed E-state index contributed by atoms with van der Waals surface area (Å²) in [7, 11) is 1.60. The number of amides is 1. The van der Waals surface area contributed by atoms with Crippen LogP contribution >= 0.6 is 0 Å². The van der Waals surface area contributed by atoms with Gasteiger partial charge in [-0.2, -0.15) is 9.37 Å². The van der Waals surface area contributed by atoms with Gasteiger partial charge in [0.25, 0.3) is 5.91 Å². The zero-order chi connectivity index (χ0) is 19.7. The molecule has 3 aromatic heterocycles. The Bertz CT molecular complexity index is 999. The van der Waals surface area contributed by atoms with Gasteiger partial charge in [-0.25, -0.2) is 4.98 Å². The number of rotatable bonds is 5. The highest BCUT2D eigenvalue weighted by molar-refractivity contribution is 5.93. The number of hydrogen-bond donors (Lipinski definition) is 0. The van der Waals surface area contributed by atoms with Crippen LogP contribution < -0.4 is 0 Å². The van der Waals surface area contributed by atoms with Crippen LogP contribution in [0, 0.1) is 12.9 Å². The first kappa shape index (κ1) is 18.5. The van der Waals surface area contributed by atoms with Gasteiger partial charge in [-0.05, 0) is 43.9 Å². The molecule has 4 rings (SSSR count). The first-order valence-corrected chi connectivity index (χ1v) is 9.35. The van der Waals surface area contributed by atoms with E-state index >= 15 is 0 Å². The molecule has 3 aromatic rings. The molecule has 148 valence electrons. The molecule has 28 heavy (non-hydrogen) atoms. The van der Waals surface area contributed by atoms with E-state index in [1.54, 1.807) is 30.3 Å². The van der Waals surface area contributed by atoms with Crippen molar-refractivity contribution >= 4 is 11.6 Å². The predicted molar refractivity (Wildman–Crippen MR) is 97.4 cm³/mol. The Morgan fingerprint density at radius 2 is 2.25 bits per heavy atom. The summed E-state index contributed by atoms with van der Waals surface area (Å²) in [5, 5.41) is 3.96. The Morgan fingerprint density at radius 3 is 3.07 bits per heavy atom. The van der Waals surface area contributed by atoms with Crippen molar-refractivity contribution in [1.82, 2.24) is 24.4 Å². The van der Waals surface area contributed by atoms with E-state index < -0.39 is 11.9 Å². The van der Waals surface area contributed by atoms with E-state index in [0.717, 1.165) is 18.4 Å². The highest BCUT2D eigenvalue weighted by Crippen LogP contribution is 2.31. The Morgan fingerprint density at radius 1 is 1.39 bits per heavy atom. The number of imidazole rings is 1. The van der Waals surface area contributed by atoms with Gasteiger partial charge in [-0.3, -0.25) is 9.20 Å². The maximum Gasteiger partial charge on any atom is 0.277 e. The highest BCUT2D eigenvalue weighted by Gasteiger charge is 2.35. The molecule has 0 aliphatic carbocycles. The summed E-state index contributed by atoms with van der Waals surface area (Å²) in [6.45, 7) is 2.87. The number of pyridine rings is 1. The van der Waals surface area contributed by atoms with Gasteiger partial charge in [0.15, 0.2) is 11.5 Å². The topological polar surface area (TPSA) is 85.8 Å². The molecule has 1 fully saturated rings. The number of carbonyl (C=O) groups excluding carboxylic acids is 1. The first-order valence-electron chi connectivity index (χ1n) is 9.35. The maximum atomic E-state index is 14.8. The van der Waals surface area contributed by atoms with Gasteiger partial charge in [-0.1, -0.05) is 5.16 Å². The summed E-state index contributed by atoms with van der Waals surface area (Å²) < 4.78 is 26.5. The molecule has 1 atom stereocenters. The minimum atomic E-state index is -0.657. The fourth-order valence-electron chi connectivity index (χ4n) is 3.52. The number of aromatic nitrogens is 4. The molecule has 0 saturated carbocycles. The first-order chi connectivity index (χ1) is 13.6. The lowest BCUT2D eigenvalue weighted by atomic mass is 10.0. The van der Waals surface area contributed by atoms with Crippen molar-refractivity contribution in [2.45, 2.75) is 38.6 Å². The molecule has 0 radical (unpaired) electrons. The van der Waals surface area contributed by atoms with E-state index in [9.17, 15) is 9.18 Å². The smallest absolute Gasteiger partial charge is 0.277 e. The molecule has 9 heteroatoms. The van der Waals surface area contributed by atoms with Crippen molar-refractivity contribution in [3.05, 3.63) is 47.2 Å². The van der Waals surface area contributed by atoms with Gasteiger partial charge in [0.2, 0.25) is 11.8 Å². The number of aryl methyl sites for hydroxylation is 1. The zero-order valence-corrected chi connectivity index (χ0v) is 15.9. The van der Waals surface area contributed by atoms with Crippen molar-refractivity contribution < 1.29 is 18.4 Å². The summed E-state index contributed by atoms with van der Waals surface area (Å²) >= 11 is 0. The summed E-state index contributed by atoms with van der Waals surface area (Å²) in [5.41, 5.74) is 1.17. The summed E-state index contributed by atoms with van der Waals surface area (Å²) in [5.74, 6) is -0.209. The number of halogens is 1. The standard InChI is InChI=1S/C19H22FN5O3/c1-12-6-9-25-15(11-12)22-16(17(25)20)19(26)24-8-4-3-5-13(24)18-21-14(23-28-18)7-10-27-2/h6,9,11,13H,3-5,7-8,10H2,1-2H3. The van der Waals surface area contributed by atoms with Crippen molar-refractivity contribution in [2.75, 3.05) is 20.3 Å². The lowest BCUT2D eigenvalue weighted by Gasteiger charge is -2.32. The van der Waals surface area contributed by atoms with Crippen molar-refractivity contribution in [3.63, 3.8) is 0 Å². The van der Waals surface area contributed by atoms with Crippen LogP contribution in [0.3, 0.4) is 0 Å². The van der Waals surface area contributed by atoms with Crippen LogP contribution in [0.1, 0.15) is 53.1 Å². The molecule has 8 nitrogen and oxygen atoms in total. The normalized spacial score (nSPS) is 17.4. The van der Waals surface area contributed by atoms with Crippen LogP contribution in [-0.4, -0.2) is 50.6 Å². The molecule has 0 bridgehead atoms. The van der Waals surface area contributed by atoms with Crippen molar-refractivity contribution in [3.8, 4) is 0 Å². The third kappa shape index (κ3) is 3.37. The van der Waals surface area contributed by atoms with Crippen LogP contribution in [0.25, 0.3) is 5.65 Å². The fourth-order valence-corrected chi connectivity index (χ4v) is 3.52. The molecule has 1 aliphatic rings. The van der Waals surface area contributed by atoms with Crippen molar-refractivity contribution in [1.29, 1.82) is 0 Å². The molecule has 1 saturated heterocycles. The van der Waals surface area contributed by atoms with Gasteiger partial charge in [0.05, 0.1) is 6.61 Å². The number of piperidine rings is 1. The zero-order valence-electron chi connectivity index (χ0n) is 15.9. The monoisotopic (exact) mass is 387 g/mol. The van der Waals surface area contributed by atoms with E-state index in [1.807, 2.05) is 6.92 Å². The Balaban J connectivity index is 1.63. The molecule has 4 heterocycles. The summed E-state index contributed by atoms with van der Waals surface area (Å²) in [6.07, 6.45) is 4.56. The second-order valence-corrected chi connectivity index (χ2v) is 6.99. The molecule has 0 spiro atoms. The quantitative estimate of drug-likeness (QED) is 0.669. The molecule has 1 unspecified atom stereocenters. The lowest BCUT2D eigenvalue weighted by Crippen LogP contribution is -2.39. The number of nitrogens with zero attached hydrogens (tertiary/aromatic N) is 5. The van der Waals surface area contributed by atoms with Crippen LogP contribution in [0.15, 0.2) is 22.9 Å². The minimum absolute atomic E-state index is 0.184. The molecule has 1 aliphatic heterocycles. The maximum absolute atomic E-state index is 14.8. The van der Waals surface area contributed by atoms with Crippen molar-refractivity contribution in [2.24, 2.45) is 0 Å². The Hall–Kier alpha value is -2.81. The number of ether oxygens (including phenoxy) is 1. The lowest BCUT2D eigenvalue weighted by molar-refractivity contribution is 0.0550. The van der Waals surface area contributed by atoms with Gasteiger partial charge in [-0.15, -0.1) is 0 Å². The van der Waals surface area contributed by atoms with Crippen LogP contribution in [0.5, 0.6) is 0 Å². The summed E-state index contributed by atoms with van der Waals surface area (Å²) in [4.78, 5) is 23.4. The Kier molecular flexibility index (Phi) is 5.08. The molecule has 1 amide bonds. The van der Waals surface area contributed by atoms with Crippen LogP contribution in [0.4, 0.5) is 4.39 Å². The number of methoxy groups -OCH3 is 1. The summed E-state index contributed by atoms with van der Waals surface area (Å²) in [6, 6.07) is 3.14. The second kappa shape index (κ2) is 7.67. The molecular formula is C19H22FN5O3.